The molecule has 0 aliphatic heterocycles. The highest BCUT2D eigenvalue weighted by atomic mass is 16.5. The van der Waals surface area contributed by atoms with Crippen LogP contribution >= 0.6 is 0 Å². The fourth-order valence-corrected chi connectivity index (χ4v) is 4.08. The molecule has 1 aromatic carbocycles. The first-order chi connectivity index (χ1) is 17.6. The van der Waals surface area contributed by atoms with E-state index in [2.05, 4.69) is 6.58 Å². The van der Waals surface area contributed by atoms with E-state index in [1.165, 1.54) is 18.1 Å². The van der Waals surface area contributed by atoms with Gasteiger partial charge in [-0.25, -0.2) is 4.79 Å². The van der Waals surface area contributed by atoms with Crippen LogP contribution in [0.3, 0.4) is 0 Å². The molecular weight excluding hydrogens is 456 g/mol. The molecule has 6 heteroatoms. The number of unbranched alkanes of at least 4 members (excludes halogenated alkanes) is 3. The predicted molar refractivity (Wildman–Crippen MR) is 144 cm³/mol. The Morgan fingerprint density at radius 3 is 2.06 bits per heavy atom. The van der Waals surface area contributed by atoms with Gasteiger partial charge in [-0.05, 0) is 100 Å². The number of hydrogen-bond acceptors (Lipinski definition) is 6. The summed E-state index contributed by atoms with van der Waals surface area (Å²) >= 11 is 0. The van der Waals surface area contributed by atoms with Gasteiger partial charge in [0.05, 0.1) is 26.1 Å². The topological polar surface area (TPSA) is 82.1 Å². The van der Waals surface area contributed by atoms with Gasteiger partial charge in [0.2, 0.25) is 0 Å². The van der Waals surface area contributed by atoms with Crippen LogP contribution in [0.2, 0.25) is 0 Å². The van der Waals surface area contributed by atoms with Crippen molar-refractivity contribution in [3.8, 4) is 11.5 Å². The number of aliphatic hydroxyl groups is 1. The first-order valence-corrected chi connectivity index (χ1v) is 13.5. The molecule has 1 N–H and O–H groups in total. The first-order valence-electron chi connectivity index (χ1n) is 13.5. The van der Waals surface area contributed by atoms with Crippen molar-refractivity contribution in [3.05, 3.63) is 48.3 Å². The number of allylic oxidation sites excluding steroid dienone is 2. The number of carbonyl (C=O) groups is 2. The third kappa shape index (κ3) is 12.3. The maximum atomic E-state index is 10.8. The number of rotatable bonds is 12. The third-order valence-corrected chi connectivity index (χ3v) is 6.45. The Hall–Kier alpha value is -2.76. The smallest absolute Gasteiger partial charge is 0.330 e. The Balaban J connectivity index is 0.000000353. The van der Waals surface area contributed by atoms with Crippen molar-refractivity contribution in [2.75, 3.05) is 20.3 Å². The lowest BCUT2D eigenvalue weighted by molar-refractivity contribution is -0.137. The monoisotopic (exact) mass is 502 g/mol. The van der Waals surface area contributed by atoms with E-state index in [0.29, 0.717) is 24.9 Å². The summed E-state index contributed by atoms with van der Waals surface area (Å²) in [6.07, 6.45) is 13.6. The fourth-order valence-electron chi connectivity index (χ4n) is 4.08. The predicted octanol–water partition coefficient (Wildman–Crippen LogP) is 7.38. The molecule has 0 heterocycles. The van der Waals surface area contributed by atoms with Gasteiger partial charge in [0.25, 0.3) is 0 Å². The zero-order valence-corrected chi connectivity index (χ0v) is 22.5. The van der Waals surface area contributed by atoms with Gasteiger partial charge in [-0.15, -0.1) is 0 Å². The number of hydrogen-bond donors (Lipinski definition) is 1. The van der Waals surface area contributed by atoms with Gasteiger partial charge in [-0.2, -0.15) is 0 Å². The zero-order chi connectivity index (χ0) is 26.6. The summed E-state index contributed by atoms with van der Waals surface area (Å²) in [6.45, 7) is 8.50. The van der Waals surface area contributed by atoms with Crippen LogP contribution in [0.4, 0.5) is 0 Å². The lowest BCUT2D eigenvalue weighted by Gasteiger charge is -2.28. The Labute approximate surface area is 217 Å². The van der Waals surface area contributed by atoms with E-state index in [1.807, 2.05) is 38.1 Å². The number of aliphatic hydroxyl groups excluding tert-OH is 1. The van der Waals surface area contributed by atoms with Gasteiger partial charge in [-0.3, -0.25) is 0 Å². The summed E-state index contributed by atoms with van der Waals surface area (Å²) in [7, 11) is 1.64. The van der Waals surface area contributed by atoms with Crippen LogP contribution < -0.4 is 9.47 Å². The molecule has 0 radical (unpaired) electrons. The molecule has 0 amide bonds. The second-order valence-electron chi connectivity index (χ2n) is 8.90. The van der Waals surface area contributed by atoms with Crippen molar-refractivity contribution in [1.29, 1.82) is 0 Å². The third-order valence-electron chi connectivity index (χ3n) is 6.45. The maximum Gasteiger partial charge on any atom is 0.330 e. The van der Waals surface area contributed by atoms with Gasteiger partial charge < -0.3 is 24.1 Å². The van der Waals surface area contributed by atoms with Crippen molar-refractivity contribution in [2.45, 2.75) is 84.5 Å². The van der Waals surface area contributed by atoms with E-state index in [1.54, 1.807) is 7.11 Å². The molecule has 0 atom stereocenters. The Morgan fingerprint density at radius 1 is 0.972 bits per heavy atom. The molecule has 3 rings (SSSR count). The van der Waals surface area contributed by atoms with Gasteiger partial charge >= 0.3 is 5.97 Å². The van der Waals surface area contributed by atoms with E-state index in [0.717, 1.165) is 82.0 Å². The molecule has 2 aliphatic carbocycles. The molecule has 2 fully saturated rings. The standard InChI is InChI=1S/C16H22O4.C12H18O2.C2H6/c1-3-16(17)20-13-7-5-4-6-12-19-15-10-8-14(18-2)9-11-15;13-8-9-4-6-11(7-5-9)12(14)10-2-1-3-10;1-2/h3,8-11H,1,4-7,12-13H2,2H3;8-9,11,14H,1-7H2;1-2H3. The highest BCUT2D eigenvalue weighted by molar-refractivity contribution is 5.81. The Kier molecular flexibility index (Phi) is 16.9. The van der Waals surface area contributed by atoms with Crippen LogP contribution in [0.5, 0.6) is 11.5 Å². The van der Waals surface area contributed by atoms with E-state index in [4.69, 9.17) is 14.2 Å². The molecule has 1 aromatic rings. The summed E-state index contributed by atoms with van der Waals surface area (Å²) in [5.41, 5.74) is 1.28. The molecule has 0 aromatic heterocycles. The van der Waals surface area contributed by atoms with Crippen LogP contribution in [-0.4, -0.2) is 37.7 Å². The van der Waals surface area contributed by atoms with Crippen molar-refractivity contribution < 1.29 is 28.9 Å². The average molecular weight is 503 g/mol. The van der Waals surface area contributed by atoms with Crippen LogP contribution in [0, 0.1) is 11.8 Å². The lowest BCUT2D eigenvalue weighted by Crippen LogP contribution is -2.19. The van der Waals surface area contributed by atoms with E-state index in [9.17, 15) is 14.7 Å². The van der Waals surface area contributed by atoms with Crippen LogP contribution in [0.15, 0.2) is 48.3 Å². The van der Waals surface area contributed by atoms with E-state index < -0.39 is 0 Å². The number of aldehydes is 1. The Bertz CT molecular complexity index is 769. The largest absolute Gasteiger partial charge is 0.512 e. The summed E-state index contributed by atoms with van der Waals surface area (Å²) in [4.78, 5) is 21.3. The minimum absolute atomic E-state index is 0.255. The molecule has 36 heavy (non-hydrogen) atoms. The highest BCUT2D eigenvalue weighted by Crippen LogP contribution is 2.37. The lowest BCUT2D eigenvalue weighted by atomic mass is 9.78. The van der Waals surface area contributed by atoms with E-state index >= 15 is 0 Å². The summed E-state index contributed by atoms with van der Waals surface area (Å²) in [6, 6.07) is 7.55. The minimum atomic E-state index is -0.354. The molecular formula is C30H46O6. The molecule has 0 saturated heterocycles. The Morgan fingerprint density at radius 2 is 1.56 bits per heavy atom. The van der Waals surface area contributed by atoms with Crippen molar-refractivity contribution in [3.63, 3.8) is 0 Å². The molecule has 0 spiro atoms. The summed E-state index contributed by atoms with van der Waals surface area (Å²) < 4.78 is 15.6. The molecule has 202 valence electrons. The number of ether oxygens (including phenoxy) is 3. The van der Waals surface area contributed by atoms with Gasteiger partial charge in [0.15, 0.2) is 0 Å². The highest BCUT2D eigenvalue weighted by Gasteiger charge is 2.26. The minimum Gasteiger partial charge on any atom is -0.512 e. The maximum absolute atomic E-state index is 10.8. The van der Waals surface area contributed by atoms with Gasteiger partial charge in [0.1, 0.15) is 17.8 Å². The second kappa shape index (κ2) is 19.4. The van der Waals surface area contributed by atoms with Crippen LogP contribution in [0.1, 0.15) is 84.5 Å². The number of esters is 1. The van der Waals surface area contributed by atoms with Crippen LogP contribution in [0.25, 0.3) is 0 Å². The SMILES string of the molecule is C=CC(=O)OCCCCCCOc1ccc(OC)cc1.CC.O=CC1CCC(C(O)=C2CCC2)CC1. The number of benzene rings is 1. The van der Waals surface area contributed by atoms with Gasteiger partial charge in [0, 0.05) is 17.9 Å². The first kappa shape index (κ1) is 31.3. The van der Waals surface area contributed by atoms with Crippen molar-refractivity contribution >= 4 is 12.3 Å². The number of methoxy groups -OCH3 is 1. The molecule has 2 aliphatic rings. The average Bonchev–Trinajstić information content (AvgIpc) is 2.91. The fraction of sp³-hybridized carbons (Fsp3) is 0.600. The molecule has 0 bridgehead atoms. The van der Waals surface area contributed by atoms with Crippen LogP contribution in [-0.2, 0) is 14.3 Å². The quantitative estimate of drug-likeness (QED) is 0.106. The zero-order valence-electron chi connectivity index (χ0n) is 22.5. The second-order valence-corrected chi connectivity index (χ2v) is 8.90. The summed E-state index contributed by atoms with van der Waals surface area (Å²) in [5, 5.41) is 9.94. The van der Waals surface area contributed by atoms with E-state index in [-0.39, 0.29) is 11.9 Å². The normalized spacial score (nSPS) is 18.1. The van der Waals surface area contributed by atoms with Crippen molar-refractivity contribution in [1.82, 2.24) is 0 Å². The van der Waals surface area contributed by atoms with Crippen molar-refractivity contribution in [2.24, 2.45) is 11.8 Å². The molecule has 2 saturated carbocycles. The molecule has 0 unspecified atom stereocenters. The molecule has 6 nitrogen and oxygen atoms in total. The summed E-state index contributed by atoms with van der Waals surface area (Å²) in [5.74, 6) is 2.61. The van der Waals surface area contributed by atoms with Gasteiger partial charge in [-0.1, -0.05) is 20.4 Å². The number of carbonyl (C=O) groups excluding carboxylic acids is 2.